The first-order valence-electron chi connectivity index (χ1n) is 5.99. The van der Waals surface area contributed by atoms with Gasteiger partial charge < -0.3 is 10.4 Å². The van der Waals surface area contributed by atoms with E-state index in [1.54, 1.807) is 5.32 Å². The zero-order valence-electron chi connectivity index (χ0n) is 10.3. The molecular formula is C11H12F3N3O3. The van der Waals surface area contributed by atoms with Gasteiger partial charge in [-0.25, -0.2) is 9.48 Å². The maximum Gasteiger partial charge on any atom is 0.471 e. The van der Waals surface area contributed by atoms with Crippen molar-refractivity contribution in [1.29, 1.82) is 0 Å². The molecule has 0 radical (unpaired) electrons. The topological polar surface area (TPSA) is 84.2 Å². The first-order valence-corrected chi connectivity index (χ1v) is 5.99. The van der Waals surface area contributed by atoms with Gasteiger partial charge in [0.1, 0.15) is 11.4 Å². The Hall–Kier alpha value is -2.06. The Bertz CT molecular complexity index is 533. The van der Waals surface area contributed by atoms with Crippen molar-refractivity contribution < 1.29 is 27.9 Å². The first kappa shape index (κ1) is 14.4. The van der Waals surface area contributed by atoms with Gasteiger partial charge in [0.05, 0.1) is 12.2 Å². The molecule has 1 saturated carbocycles. The molecule has 110 valence electrons. The number of rotatable bonds is 3. The number of halogens is 3. The summed E-state index contributed by atoms with van der Waals surface area (Å²) in [6, 6.07) is -0.188. The zero-order valence-corrected chi connectivity index (χ0v) is 10.3. The average molecular weight is 291 g/mol. The molecule has 0 unspecified atom stereocenters. The van der Waals surface area contributed by atoms with Gasteiger partial charge in [-0.1, -0.05) is 12.8 Å². The van der Waals surface area contributed by atoms with E-state index in [1.807, 2.05) is 0 Å². The number of nitrogens with one attached hydrogen (secondary N) is 1. The van der Waals surface area contributed by atoms with Crippen LogP contribution in [0.25, 0.3) is 0 Å². The second-order valence-corrected chi connectivity index (χ2v) is 4.55. The van der Waals surface area contributed by atoms with Crippen LogP contribution in [0.1, 0.15) is 42.1 Å². The molecule has 0 saturated heterocycles. The van der Waals surface area contributed by atoms with Crippen LogP contribution in [0.4, 0.5) is 19.0 Å². The molecule has 1 fully saturated rings. The monoisotopic (exact) mass is 291 g/mol. The molecular weight excluding hydrogens is 279 g/mol. The summed E-state index contributed by atoms with van der Waals surface area (Å²) in [5.74, 6) is -4.06. The first-order chi connectivity index (χ1) is 9.30. The third kappa shape index (κ3) is 2.75. The predicted octanol–water partition coefficient (Wildman–Crippen LogP) is 2.20. The van der Waals surface area contributed by atoms with Gasteiger partial charge in [-0.2, -0.15) is 18.3 Å². The lowest BCUT2D eigenvalue weighted by atomic mass is 10.2. The second kappa shape index (κ2) is 5.14. The molecule has 0 aliphatic heterocycles. The summed E-state index contributed by atoms with van der Waals surface area (Å²) in [5.41, 5.74) is -0.450. The molecule has 1 aliphatic carbocycles. The van der Waals surface area contributed by atoms with Crippen LogP contribution in [0.5, 0.6) is 0 Å². The smallest absolute Gasteiger partial charge is 0.471 e. The van der Waals surface area contributed by atoms with Gasteiger partial charge >= 0.3 is 18.1 Å². The molecule has 1 aliphatic rings. The van der Waals surface area contributed by atoms with Gasteiger partial charge in [0.25, 0.3) is 0 Å². The fourth-order valence-electron chi connectivity index (χ4n) is 2.25. The maximum absolute atomic E-state index is 12.3. The molecule has 0 atom stereocenters. The molecule has 1 aromatic heterocycles. The Labute approximate surface area is 111 Å². The number of carboxylic acid groups (broad SMARTS) is 1. The summed E-state index contributed by atoms with van der Waals surface area (Å²) in [4.78, 5) is 22.0. The van der Waals surface area contributed by atoms with Crippen LogP contribution >= 0.6 is 0 Å². The summed E-state index contributed by atoms with van der Waals surface area (Å²) in [6.07, 6.45) is -0.975. The van der Waals surface area contributed by atoms with E-state index < -0.39 is 29.4 Å². The number of hydrogen-bond donors (Lipinski definition) is 2. The highest BCUT2D eigenvalue weighted by molar-refractivity contribution is 6.01. The van der Waals surface area contributed by atoms with Crippen molar-refractivity contribution in [2.45, 2.75) is 37.9 Å². The van der Waals surface area contributed by atoms with Crippen molar-refractivity contribution in [1.82, 2.24) is 9.78 Å². The van der Waals surface area contributed by atoms with E-state index in [0.717, 1.165) is 19.0 Å². The van der Waals surface area contributed by atoms with Crippen LogP contribution in [-0.4, -0.2) is 32.9 Å². The normalized spacial score (nSPS) is 16.4. The van der Waals surface area contributed by atoms with Crippen molar-refractivity contribution in [3.8, 4) is 0 Å². The van der Waals surface area contributed by atoms with Crippen LogP contribution in [0.2, 0.25) is 0 Å². The van der Waals surface area contributed by atoms with E-state index in [2.05, 4.69) is 5.10 Å². The molecule has 0 aromatic carbocycles. The fourth-order valence-corrected chi connectivity index (χ4v) is 2.25. The van der Waals surface area contributed by atoms with Crippen molar-refractivity contribution in [2.75, 3.05) is 5.32 Å². The van der Waals surface area contributed by atoms with E-state index in [4.69, 9.17) is 5.11 Å². The largest absolute Gasteiger partial charge is 0.477 e. The van der Waals surface area contributed by atoms with Crippen molar-refractivity contribution in [2.24, 2.45) is 0 Å². The number of aromatic carboxylic acids is 1. The van der Waals surface area contributed by atoms with Crippen LogP contribution < -0.4 is 5.32 Å². The SMILES string of the molecule is O=C(O)c1cnn(C2CCCC2)c1NC(=O)C(F)(F)F. The fraction of sp³-hybridized carbons (Fsp3) is 0.545. The molecule has 20 heavy (non-hydrogen) atoms. The Kier molecular flexibility index (Phi) is 3.69. The highest BCUT2D eigenvalue weighted by atomic mass is 19.4. The summed E-state index contributed by atoms with van der Waals surface area (Å²) < 4.78 is 38.0. The van der Waals surface area contributed by atoms with Crippen LogP contribution in [0.15, 0.2) is 6.20 Å². The third-order valence-corrected chi connectivity index (χ3v) is 3.19. The van der Waals surface area contributed by atoms with Crippen LogP contribution in [0.3, 0.4) is 0 Å². The summed E-state index contributed by atoms with van der Waals surface area (Å²) in [5, 5.41) is 14.4. The number of amides is 1. The van der Waals surface area contributed by atoms with E-state index in [1.165, 1.54) is 4.68 Å². The maximum atomic E-state index is 12.3. The summed E-state index contributed by atoms with van der Waals surface area (Å²) in [7, 11) is 0. The van der Waals surface area contributed by atoms with Gasteiger partial charge in [0.2, 0.25) is 0 Å². The highest BCUT2D eigenvalue weighted by Crippen LogP contribution is 2.33. The van der Waals surface area contributed by atoms with Gasteiger partial charge in [0.15, 0.2) is 0 Å². The predicted molar refractivity (Wildman–Crippen MR) is 61.4 cm³/mol. The van der Waals surface area contributed by atoms with Crippen molar-refractivity contribution in [3.63, 3.8) is 0 Å². The molecule has 1 heterocycles. The minimum absolute atomic E-state index is 0.188. The van der Waals surface area contributed by atoms with Crippen molar-refractivity contribution >= 4 is 17.7 Å². The molecule has 0 bridgehead atoms. The zero-order chi connectivity index (χ0) is 14.9. The number of anilines is 1. The standard InChI is InChI=1S/C11H12F3N3O3/c12-11(13,14)10(20)16-8-7(9(18)19)5-15-17(8)6-3-1-2-4-6/h5-6H,1-4H2,(H,16,20)(H,18,19). The Morgan fingerprint density at radius 3 is 2.45 bits per heavy atom. The molecule has 1 aromatic rings. The lowest BCUT2D eigenvalue weighted by molar-refractivity contribution is -0.167. The average Bonchev–Trinajstić information content (AvgIpc) is 2.94. The Balaban J connectivity index is 2.34. The van der Waals surface area contributed by atoms with Gasteiger partial charge in [-0.05, 0) is 12.8 Å². The number of aromatic nitrogens is 2. The third-order valence-electron chi connectivity index (χ3n) is 3.19. The highest BCUT2D eigenvalue weighted by Gasteiger charge is 2.40. The number of carbonyl (C=O) groups is 2. The number of nitrogens with zero attached hydrogens (tertiary/aromatic N) is 2. The molecule has 9 heteroatoms. The van der Waals surface area contributed by atoms with E-state index in [0.29, 0.717) is 12.8 Å². The summed E-state index contributed by atoms with van der Waals surface area (Å²) >= 11 is 0. The second-order valence-electron chi connectivity index (χ2n) is 4.55. The quantitative estimate of drug-likeness (QED) is 0.894. The minimum atomic E-state index is -5.08. The number of hydrogen-bond acceptors (Lipinski definition) is 3. The van der Waals surface area contributed by atoms with E-state index in [-0.39, 0.29) is 6.04 Å². The lowest BCUT2D eigenvalue weighted by Crippen LogP contribution is -2.32. The molecule has 2 N–H and O–H groups in total. The van der Waals surface area contributed by atoms with E-state index in [9.17, 15) is 22.8 Å². The van der Waals surface area contributed by atoms with Crippen molar-refractivity contribution in [3.05, 3.63) is 11.8 Å². The van der Waals surface area contributed by atoms with Gasteiger partial charge in [0, 0.05) is 0 Å². The van der Waals surface area contributed by atoms with Crippen LogP contribution in [-0.2, 0) is 4.79 Å². The molecule has 1 amide bonds. The number of alkyl halides is 3. The van der Waals surface area contributed by atoms with Gasteiger partial charge in [-0.15, -0.1) is 0 Å². The molecule has 6 nitrogen and oxygen atoms in total. The number of carbonyl (C=O) groups excluding carboxylic acids is 1. The Morgan fingerprint density at radius 1 is 1.35 bits per heavy atom. The van der Waals surface area contributed by atoms with Gasteiger partial charge in [-0.3, -0.25) is 4.79 Å². The minimum Gasteiger partial charge on any atom is -0.477 e. The number of carboxylic acids is 1. The summed E-state index contributed by atoms with van der Waals surface area (Å²) in [6.45, 7) is 0. The molecule has 2 rings (SSSR count). The molecule has 0 spiro atoms. The van der Waals surface area contributed by atoms with E-state index >= 15 is 0 Å². The van der Waals surface area contributed by atoms with Crippen LogP contribution in [0, 0.1) is 0 Å². The lowest BCUT2D eigenvalue weighted by Gasteiger charge is -2.16. The Morgan fingerprint density at radius 2 is 1.95 bits per heavy atom.